The summed E-state index contributed by atoms with van der Waals surface area (Å²) in [6, 6.07) is 15.5. The normalized spacial score (nSPS) is 10.7. The third-order valence-electron chi connectivity index (χ3n) is 4.11. The minimum atomic E-state index is 0.598. The van der Waals surface area contributed by atoms with E-state index in [0.717, 1.165) is 34.7 Å². The maximum atomic E-state index is 6.12. The lowest BCUT2D eigenvalue weighted by atomic mass is 10.1. The number of hydrogen-bond donors (Lipinski definition) is 1. The zero-order valence-corrected chi connectivity index (χ0v) is 15.8. The van der Waals surface area contributed by atoms with E-state index in [4.69, 9.17) is 23.2 Å². The van der Waals surface area contributed by atoms with Crippen molar-refractivity contribution in [2.75, 3.05) is 5.32 Å². The van der Waals surface area contributed by atoms with Crippen LogP contribution in [0.25, 0.3) is 11.1 Å². The molecule has 4 rings (SSSR count). The maximum Gasteiger partial charge on any atom is 0.110 e. The van der Waals surface area contributed by atoms with Gasteiger partial charge in [0.05, 0.1) is 18.4 Å². The van der Waals surface area contributed by atoms with E-state index in [1.165, 1.54) is 0 Å². The van der Waals surface area contributed by atoms with Crippen LogP contribution in [0, 0.1) is 0 Å². The van der Waals surface area contributed by atoms with Crippen molar-refractivity contribution in [3.05, 3.63) is 95.1 Å². The summed E-state index contributed by atoms with van der Waals surface area (Å²) in [7, 11) is 0. The Balaban J connectivity index is 1.58. The Labute approximate surface area is 167 Å². The number of nitrogens with zero attached hydrogens (tertiary/aromatic N) is 3. The van der Waals surface area contributed by atoms with Gasteiger partial charge in [-0.05, 0) is 53.6 Å². The molecule has 3 aromatic heterocycles. The lowest BCUT2D eigenvalue weighted by Crippen LogP contribution is -2.03. The molecule has 0 radical (unpaired) electrons. The van der Waals surface area contributed by atoms with Crippen LogP contribution in [0.5, 0.6) is 0 Å². The van der Waals surface area contributed by atoms with Gasteiger partial charge in [-0.1, -0.05) is 29.3 Å². The average molecular weight is 395 g/mol. The Kier molecular flexibility index (Phi) is 5.10. The van der Waals surface area contributed by atoms with E-state index in [-0.39, 0.29) is 0 Å². The van der Waals surface area contributed by atoms with E-state index < -0.39 is 0 Å². The monoisotopic (exact) mass is 394 g/mol. The van der Waals surface area contributed by atoms with E-state index in [1.54, 1.807) is 24.7 Å². The molecule has 0 spiro atoms. The first-order valence-corrected chi connectivity index (χ1v) is 9.15. The first kappa shape index (κ1) is 17.6. The van der Waals surface area contributed by atoms with Crippen molar-refractivity contribution in [2.24, 2.45) is 0 Å². The zero-order chi connectivity index (χ0) is 18.6. The van der Waals surface area contributed by atoms with Gasteiger partial charge in [0.15, 0.2) is 0 Å². The fourth-order valence-corrected chi connectivity index (χ4v) is 3.41. The quantitative estimate of drug-likeness (QED) is 0.448. The SMILES string of the molecule is Clc1cc(Cl)cc(-c2cncc(Nc3cccn3Cc3cccnc3)c2)c1. The molecular formula is C21H16Cl2N4. The summed E-state index contributed by atoms with van der Waals surface area (Å²) in [5.41, 5.74) is 3.89. The summed E-state index contributed by atoms with van der Waals surface area (Å²) >= 11 is 12.2. The molecule has 1 aromatic carbocycles. The van der Waals surface area contributed by atoms with Crippen molar-refractivity contribution in [2.45, 2.75) is 6.54 Å². The maximum absolute atomic E-state index is 6.12. The highest BCUT2D eigenvalue weighted by Gasteiger charge is 2.06. The Hall–Kier alpha value is -2.82. The van der Waals surface area contributed by atoms with Crippen LogP contribution in [0.1, 0.15) is 5.56 Å². The van der Waals surface area contributed by atoms with E-state index in [2.05, 4.69) is 25.9 Å². The number of pyridine rings is 2. The highest BCUT2D eigenvalue weighted by molar-refractivity contribution is 6.35. The second kappa shape index (κ2) is 7.82. The van der Waals surface area contributed by atoms with E-state index in [1.807, 2.05) is 48.8 Å². The highest BCUT2D eigenvalue weighted by atomic mass is 35.5. The Morgan fingerprint density at radius 1 is 0.852 bits per heavy atom. The van der Waals surface area contributed by atoms with Crippen LogP contribution in [0.4, 0.5) is 11.5 Å². The van der Waals surface area contributed by atoms with Crippen LogP contribution in [0.3, 0.4) is 0 Å². The summed E-state index contributed by atoms with van der Waals surface area (Å²) < 4.78 is 2.12. The largest absolute Gasteiger partial charge is 0.340 e. The Bertz CT molecular complexity index is 1040. The van der Waals surface area contributed by atoms with Gasteiger partial charge in [0.2, 0.25) is 0 Å². The smallest absolute Gasteiger partial charge is 0.110 e. The first-order chi connectivity index (χ1) is 13.2. The molecule has 0 aliphatic rings. The van der Waals surface area contributed by atoms with Crippen LogP contribution in [-0.4, -0.2) is 14.5 Å². The number of hydrogen-bond acceptors (Lipinski definition) is 3. The van der Waals surface area contributed by atoms with Crippen LogP contribution in [0.2, 0.25) is 10.0 Å². The van der Waals surface area contributed by atoms with Crippen molar-refractivity contribution >= 4 is 34.7 Å². The summed E-state index contributed by atoms with van der Waals surface area (Å²) in [5.74, 6) is 0.974. The topological polar surface area (TPSA) is 42.7 Å². The van der Waals surface area contributed by atoms with Crippen molar-refractivity contribution in [1.82, 2.24) is 14.5 Å². The third kappa shape index (κ3) is 4.30. The van der Waals surface area contributed by atoms with E-state index >= 15 is 0 Å². The number of rotatable bonds is 5. The van der Waals surface area contributed by atoms with Gasteiger partial charge in [-0.15, -0.1) is 0 Å². The van der Waals surface area contributed by atoms with Gasteiger partial charge in [-0.3, -0.25) is 9.97 Å². The van der Waals surface area contributed by atoms with Crippen LogP contribution >= 0.6 is 23.2 Å². The molecule has 1 N–H and O–H groups in total. The van der Waals surface area contributed by atoms with Gasteiger partial charge in [-0.2, -0.15) is 0 Å². The molecule has 0 aliphatic carbocycles. The fraction of sp³-hybridized carbons (Fsp3) is 0.0476. The summed E-state index contributed by atoms with van der Waals surface area (Å²) in [6.45, 7) is 0.736. The number of halogens is 2. The predicted octanol–water partition coefficient (Wildman–Crippen LogP) is 6.04. The minimum absolute atomic E-state index is 0.598. The van der Waals surface area contributed by atoms with Gasteiger partial charge >= 0.3 is 0 Å². The minimum Gasteiger partial charge on any atom is -0.340 e. The van der Waals surface area contributed by atoms with Crippen LogP contribution < -0.4 is 5.32 Å². The molecule has 0 unspecified atom stereocenters. The van der Waals surface area contributed by atoms with Gasteiger partial charge in [0.25, 0.3) is 0 Å². The average Bonchev–Trinajstić information content (AvgIpc) is 3.09. The Morgan fingerprint density at radius 2 is 1.70 bits per heavy atom. The number of aromatic nitrogens is 3. The molecule has 0 atom stereocenters. The first-order valence-electron chi connectivity index (χ1n) is 8.40. The van der Waals surface area contributed by atoms with Crippen molar-refractivity contribution in [1.29, 1.82) is 0 Å². The molecule has 3 heterocycles. The zero-order valence-electron chi connectivity index (χ0n) is 14.3. The molecular weight excluding hydrogens is 379 g/mol. The molecule has 0 amide bonds. The summed E-state index contributed by atoms with van der Waals surface area (Å²) in [6.07, 6.45) is 9.26. The molecule has 0 aliphatic heterocycles. The molecule has 0 saturated carbocycles. The fourth-order valence-electron chi connectivity index (χ4n) is 2.89. The molecule has 27 heavy (non-hydrogen) atoms. The molecule has 0 bridgehead atoms. The third-order valence-corrected chi connectivity index (χ3v) is 4.55. The van der Waals surface area contributed by atoms with E-state index in [0.29, 0.717) is 10.0 Å². The second-order valence-electron chi connectivity index (χ2n) is 6.13. The number of anilines is 2. The summed E-state index contributed by atoms with van der Waals surface area (Å²) in [4.78, 5) is 8.52. The molecule has 6 heteroatoms. The lowest BCUT2D eigenvalue weighted by Gasteiger charge is -2.12. The van der Waals surface area contributed by atoms with Crippen molar-refractivity contribution in [3.63, 3.8) is 0 Å². The van der Waals surface area contributed by atoms with E-state index in [9.17, 15) is 0 Å². The van der Waals surface area contributed by atoms with Gasteiger partial charge in [0, 0.05) is 40.4 Å². The standard InChI is InChI=1S/C21H16Cl2N4/c22-18-7-16(8-19(23)10-18)17-9-20(13-25-12-17)26-21-4-2-6-27(21)14-15-3-1-5-24-11-15/h1-13,26H,14H2. The molecule has 0 fully saturated rings. The summed E-state index contributed by atoms with van der Waals surface area (Å²) in [5, 5.41) is 4.62. The van der Waals surface area contributed by atoms with Crippen molar-refractivity contribution < 1.29 is 0 Å². The second-order valence-corrected chi connectivity index (χ2v) is 7.00. The number of benzene rings is 1. The molecule has 0 saturated heterocycles. The van der Waals surface area contributed by atoms with Crippen molar-refractivity contribution in [3.8, 4) is 11.1 Å². The van der Waals surface area contributed by atoms with Gasteiger partial charge in [-0.25, -0.2) is 0 Å². The molecule has 4 nitrogen and oxygen atoms in total. The Morgan fingerprint density at radius 3 is 2.48 bits per heavy atom. The van der Waals surface area contributed by atoms with Gasteiger partial charge < -0.3 is 9.88 Å². The van der Waals surface area contributed by atoms with Crippen LogP contribution in [-0.2, 0) is 6.54 Å². The highest BCUT2D eigenvalue weighted by Crippen LogP contribution is 2.29. The lowest BCUT2D eigenvalue weighted by molar-refractivity contribution is 0.810. The number of nitrogens with one attached hydrogen (secondary N) is 1. The molecule has 4 aromatic rings. The van der Waals surface area contributed by atoms with Gasteiger partial charge in [0.1, 0.15) is 5.82 Å². The van der Waals surface area contributed by atoms with Crippen LogP contribution in [0.15, 0.2) is 79.5 Å². The predicted molar refractivity (Wildman–Crippen MR) is 111 cm³/mol. The molecule has 134 valence electrons.